The van der Waals surface area contributed by atoms with E-state index in [0.29, 0.717) is 23.4 Å². The van der Waals surface area contributed by atoms with Gasteiger partial charge in [-0.15, -0.1) is 0 Å². The highest BCUT2D eigenvalue weighted by atomic mass is 19.4. The van der Waals surface area contributed by atoms with Crippen molar-refractivity contribution in [3.63, 3.8) is 0 Å². The van der Waals surface area contributed by atoms with Crippen molar-refractivity contribution >= 4 is 0 Å². The number of aliphatic hydroxyl groups excluding tert-OH is 1. The Morgan fingerprint density at radius 3 is 2.65 bits per heavy atom. The first-order valence-electron chi connectivity index (χ1n) is 7.51. The van der Waals surface area contributed by atoms with Crippen LogP contribution in [0.25, 0.3) is 11.3 Å². The predicted octanol–water partition coefficient (Wildman–Crippen LogP) is 2.68. The van der Waals surface area contributed by atoms with Crippen LogP contribution in [0.2, 0.25) is 0 Å². The summed E-state index contributed by atoms with van der Waals surface area (Å²) in [7, 11) is 0. The lowest BCUT2D eigenvalue weighted by Crippen LogP contribution is -2.39. The minimum absolute atomic E-state index is 0.176. The Bertz CT molecular complexity index is 680. The third kappa shape index (κ3) is 3.11. The van der Waals surface area contributed by atoms with Gasteiger partial charge in [-0.05, 0) is 6.92 Å². The highest BCUT2D eigenvalue weighted by molar-refractivity contribution is 5.65. The van der Waals surface area contributed by atoms with Crippen LogP contribution in [0.4, 0.5) is 13.2 Å². The molecule has 0 saturated heterocycles. The molecule has 3 rings (SSSR count). The molecule has 2 heterocycles. The largest absolute Gasteiger partial charge is 0.408 e. The van der Waals surface area contributed by atoms with E-state index < -0.39 is 18.3 Å². The second kappa shape index (κ2) is 5.98. The maximum absolute atomic E-state index is 13.4. The second-order valence-corrected chi connectivity index (χ2v) is 5.78. The summed E-state index contributed by atoms with van der Waals surface area (Å²) in [5.41, 5.74) is 1.70. The molecule has 0 saturated carbocycles. The quantitative estimate of drug-likeness (QED) is 0.912. The summed E-state index contributed by atoms with van der Waals surface area (Å²) in [6.45, 7) is 2.01. The maximum Gasteiger partial charge on any atom is 0.408 e. The molecular weight excluding hydrogens is 307 g/mol. The number of nitrogens with one attached hydrogen (secondary N) is 1. The smallest absolute Gasteiger partial charge is 0.391 e. The third-order valence-corrected chi connectivity index (χ3v) is 3.91. The standard InChI is InChI=1S/C16H18F3N3O/c1-10(23)9-22-12-7-8-20-15(16(17,18)19)13(12)14(21-22)11-5-3-2-4-6-11/h2-6,10,15,20,23H,7-9H2,1H3. The number of nitrogens with zero attached hydrogens (tertiary/aromatic N) is 2. The van der Waals surface area contributed by atoms with Crippen LogP contribution in [0.5, 0.6) is 0 Å². The number of rotatable bonds is 3. The van der Waals surface area contributed by atoms with Crippen molar-refractivity contribution < 1.29 is 18.3 Å². The minimum Gasteiger partial charge on any atom is -0.391 e. The zero-order valence-electron chi connectivity index (χ0n) is 12.6. The molecule has 0 bridgehead atoms. The lowest BCUT2D eigenvalue weighted by Gasteiger charge is -2.27. The molecule has 0 spiro atoms. The van der Waals surface area contributed by atoms with Crippen LogP contribution < -0.4 is 5.32 Å². The van der Waals surface area contributed by atoms with Crippen LogP contribution >= 0.6 is 0 Å². The van der Waals surface area contributed by atoms with Gasteiger partial charge in [0.15, 0.2) is 0 Å². The zero-order valence-corrected chi connectivity index (χ0v) is 12.6. The summed E-state index contributed by atoms with van der Waals surface area (Å²) in [6, 6.07) is 7.11. The van der Waals surface area contributed by atoms with Gasteiger partial charge < -0.3 is 10.4 Å². The number of alkyl halides is 3. The maximum atomic E-state index is 13.4. The number of fused-ring (bicyclic) bond motifs is 1. The van der Waals surface area contributed by atoms with Gasteiger partial charge in [-0.3, -0.25) is 4.68 Å². The van der Waals surface area contributed by atoms with Crippen LogP contribution in [0.3, 0.4) is 0 Å². The molecule has 2 N–H and O–H groups in total. The topological polar surface area (TPSA) is 50.1 Å². The van der Waals surface area contributed by atoms with Crippen molar-refractivity contribution in [2.45, 2.75) is 38.2 Å². The fraction of sp³-hybridized carbons (Fsp3) is 0.438. The average molecular weight is 325 g/mol. The molecule has 1 aliphatic rings. The summed E-state index contributed by atoms with van der Waals surface area (Å²) >= 11 is 0. The molecular formula is C16H18F3N3O. The summed E-state index contributed by atoms with van der Waals surface area (Å²) in [5.74, 6) is 0. The molecule has 1 aromatic carbocycles. The number of benzene rings is 1. The molecule has 4 nitrogen and oxygen atoms in total. The average Bonchev–Trinajstić information content (AvgIpc) is 2.85. The van der Waals surface area contributed by atoms with Crippen LogP contribution in [0.1, 0.15) is 24.2 Å². The molecule has 0 radical (unpaired) electrons. The molecule has 0 fully saturated rings. The van der Waals surface area contributed by atoms with E-state index in [1.165, 1.54) is 4.68 Å². The second-order valence-electron chi connectivity index (χ2n) is 5.78. The number of hydrogen-bond acceptors (Lipinski definition) is 3. The summed E-state index contributed by atoms with van der Waals surface area (Å²) in [4.78, 5) is 0. The molecule has 2 aromatic rings. The Labute approximate surface area is 131 Å². The summed E-state index contributed by atoms with van der Waals surface area (Å²) < 4.78 is 41.8. The zero-order chi connectivity index (χ0) is 16.6. The molecule has 1 aliphatic heterocycles. The first-order chi connectivity index (χ1) is 10.9. The van der Waals surface area contributed by atoms with Crippen LogP contribution in [0.15, 0.2) is 30.3 Å². The van der Waals surface area contributed by atoms with E-state index in [2.05, 4.69) is 10.4 Å². The fourth-order valence-electron chi connectivity index (χ4n) is 3.00. The lowest BCUT2D eigenvalue weighted by molar-refractivity contribution is -0.158. The number of hydrogen-bond donors (Lipinski definition) is 2. The Morgan fingerprint density at radius 1 is 1.35 bits per heavy atom. The highest BCUT2D eigenvalue weighted by Crippen LogP contribution is 2.41. The van der Waals surface area contributed by atoms with Gasteiger partial charge in [-0.1, -0.05) is 30.3 Å². The molecule has 23 heavy (non-hydrogen) atoms. The Balaban J connectivity index is 2.17. The predicted molar refractivity (Wildman–Crippen MR) is 79.8 cm³/mol. The normalized spacial score (nSPS) is 19.4. The Hall–Kier alpha value is -1.86. The fourth-order valence-corrected chi connectivity index (χ4v) is 3.00. The van der Waals surface area contributed by atoms with Gasteiger partial charge in [-0.2, -0.15) is 18.3 Å². The van der Waals surface area contributed by atoms with E-state index in [4.69, 9.17) is 0 Å². The van der Waals surface area contributed by atoms with E-state index in [1.807, 2.05) is 6.07 Å². The highest BCUT2D eigenvalue weighted by Gasteiger charge is 2.46. The van der Waals surface area contributed by atoms with Crippen molar-refractivity contribution in [1.29, 1.82) is 0 Å². The molecule has 7 heteroatoms. The van der Waals surface area contributed by atoms with Gasteiger partial charge in [0.2, 0.25) is 0 Å². The lowest BCUT2D eigenvalue weighted by atomic mass is 9.94. The third-order valence-electron chi connectivity index (χ3n) is 3.91. The van der Waals surface area contributed by atoms with Crippen molar-refractivity contribution in [1.82, 2.24) is 15.1 Å². The number of halogens is 3. The van der Waals surface area contributed by atoms with Gasteiger partial charge in [-0.25, -0.2) is 0 Å². The molecule has 2 unspecified atom stereocenters. The van der Waals surface area contributed by atoms with E-state index in [0.717, 1.165) is 0 Å². The first-order valence-corrected chi connectivity index (χ1v) is 7.51. The van der Waals surface area contributed by atoms with Crippen LogP contribution in [0, 0.1) is 0 Å². The van der Waals surface area contributed by atoms with Gasteiger partial charge in [0.1, 0.15) is 6.04 Å². The van der Waals surface area contributed by atoms with Crippen molar-refractivity contribution in [3.05, 3.63) is 41.6 Å². The van der Waals surface area contributed by atoms with Crippen molar-refractivity contribution in [3.8, 4) is 11.3 Å². The molecule has 1 aromatic heterocycles. The van der Waals surface area contributed by atoms with E-state index in [1.54, 1.807) is 31.2 Å². The molecule has 2 atom stereocenters. The van der Waals surface area contributed by atoms with Gasteiger partial charge in [0.25, 0.3) is 0 Å². The summed E-state index contributed by atoms with van der Waals surface area (Å²) in [5, 5.41) is 16.5. The minimum atomic E-state index is -4.39. The van der Waals surface area contributed by atoms with Crippen molar-refractivity contribution in [2.24, 2.45) is 0 Å². The molecule has 124 valence electrons. The summed E-state index contributed by atoms with van der Waals surface area (Å²) in [6.07, 6.45) is -4.62. The van der Waals surface area contributed by atoms with Gasteiger partial charge in [0, 0.05) is 29.8 Å². The van der Waals surface area contributed by atoms with Crippen LogP contribution in [-0.4, -0.2) is 33.7 Å². The molecule has 0 amide bonds. The Morgan fingerprint density at radius 2 is 2.04 bits per heavy atom. The number of aromatic nitrogens is 2. The van der Waals surface area contributed by atoms with E-state index >= 15 is 0 Å². The number of aliphatic hydroxyl groups is 1. The SMILES string of the molecule is CC(O)Cn1nc(-c2ccccc2)c2c1CCNC2C(F)(F)F. The monoisotopic (exact) mass is 325 g/mol. The van der Waals surface area contributed by atoms with E-state index in [9.17, 15) is 18.3 Å². The van der Waals surface area contributed by atoms with Crippen molar-refractivity contribution in [2.75, 3.05) is 6.54 Å². The van der Waals surface area contributed by atoms with Gasteiger partial charge >= 0.3 is 6.18 Å². The Kier molecular flexibility index (Phi) is 4.16. The molecule has 0 aliphatic carbocycles. The van der Waals surface area contributed by atoms with E-state index in [-0.39, 0.29) is 18.7 Å². The first kappa shape index (κ1) is 16.0. The van der Waals surface area contributed by atoms with Crippen LogP contribution in [-0.2, 0) is 13.0 Å². The van der Waals surface area contributed by atoms with Gasteiger partial charge in [0.05, 0.1) is 18.3 Å².